The van der Waals surface area contributed by atoms with Crippen molar-refractivity contribution >= 4 is 17.0 Å². The van der Waals surface area contributed by atoms with Crippen LogP contribution in [0.2, 0.25) is 0 Å². The Morgan fingerprint density at radius 1 is 1.25 bits per heavy atom. The molecule has 1 aromatic heterocycles. The number of nitrogens with zero attached hydrogens (tertiary/aromatic N) is 1. The lowest BCUT2D eigenvalue weighted by Gasteiger charge is -2.23. The Morgan fingerprint density at radius 2 is 2.00 bits per heavy atom. The van der Waals surface area contributed by atoms with Crippen LogP contribution >= 0.6 is 11.3 Å². The molecule has 0 radical (unpaired) electrons. The third kappa shape index (κ3) is 3.32. The fraction of sp³-hybridized carbons (Fsp3) is 0.286. The van der Waals surface area contributed by atoms with Gasteiger partial charge in [0.05, 0.1) is 18.7 Å². The van der Waals surface area contributed by atoms with Crippen molar-refractivity contribution in [2.45, 2.75) is 19.3 Å². The number of aliphatic hydroxyl groups is 1. The van der Waals surface area contributed by atoms with Crippen LogP contribution in [-0.4, -0.2) is 12.2 Å². The van der Waals surface area contributed by atoms with E-state index in [1.165, 1.54) is 23.5 Å². The molecular formula is C14H14F3NOS. The summed E-state index contributed by atoms with van der Waals surface area (Å²) in [6.45, 7) is 0.0111. The minimum atomic E-state index is -4.44. The Morgan fingerprint density at radius 3 is 2.55 bits per heavy atom. The summed E-state index contributed by atoms with van der Waals surface area (Å²) < 4.78 is 39.3. The van der Waals surface area contributed by atoms with Crippen LogP contribution in [0.1, 0.15) is 16.0 Å². The molecule has 2 rings (SSSR count). The smallest absolute Gasteiger partial charge is 0.392 e. The predicted octanol–water partition coefficient (Wildman–Crippen LogP) is 3.90. The van der Waals surface area contributed by atoms with Crippen molar-refractivity contribution in [3.05, 3.63) is 51.7 Å². The van der Waals surface area contributed by atoms with Gasteiger partial charge in [0.2, 0.25) is 0 Å². The van der Waals surface area contributed by atoms with E-state index in [2.05, 4.69) is 0 Å². The maximum absolute atomic E-state index is 13.1. The van der Waals surface area contributed by atoms with Crippen molar-refractivity contribution < 1.29 is 18.3 Å². The van der Waals surface area contributed by atoms with Gasteiger partial charge in [-0.2, -0.15) is 13.2 Å². The molecular weight excluding hydrogens is 287 g/mol. The lowest BCUT2D eigenvalue weighted by atomic mass is 10.1. The molecule has 0 bridgehead atoms. The monoisotopic (exact) mass is 301 g/mol. The minimum absolute atomic E-state index is 0.114. The first-order valence-electron chi connectivity index (χ1n) is 5.96. The van der Waals surface area contributed by atoms with Crippen LogP contribution < -0.4 is 4.90 Å². The Hall–Kier alpha value is -1.53. The number of thiophene rings is 1. The van der Waals surface area contributed by atoms with Gasteiger partial charge in [-0.15, -0.1) is 11.3 Å². The second-order valence-electron chi connectivity index (χ2n) is 4.44. The number of hydrogen-bond donors (Lipinski definition) is 1. The molecule has 1 N–H and O–H groups in total. The van der Waals surface area contributed by atoms with Gasteiger partial charge < -0.3 is 10.0 Å². The Labute approximate surface area is 119 Å². The highest BCUT2D eigenvalue weighted by atomic mass is 32.1. The van der Waals surface area contributed by atoms with Crippen LogP contribution in [0, 0.1) is 0 Å². The summed E-state index contributed by atoms with van der Waals surface area (Å²) in [6.07, 6.45) is -4.44. The van der Waals surface area contributed by atoms with Crippen molar-refractivity contribution in [3.63, 3.8) is 0 Å². The van der Waals surface area contributed by atoms with Crippen LogP contribution in [0.5, 0.6) is 0 Å². The molecule has 0 aliphatic heterocycles. The fourth-order valence-corrected chi connectivity index (χ4v) is 2.72. The van der Waals surface area contributed by atoms with Crippen molar-refractivity contribution in [2.24, 2.45) is 0 Å². The maximum atomic E-state index is 13.1. The molecule has 0 fully saturated rings. The molecule has 0 aliphatic rings. The standard InChI is InChI=1S/C14H14F3NOS/c1-18(8-11-3-2-6-20-11)13-5-4-10(9-19)7-12(13)14(15,16)17/h2-7,19H,8-9H2,1H3. The summed E-state index contributed by atoms with van der Waals surface area (Å²) in [6, 6.07) is 7.67. The summed E-state index contributed by atoms with van der Waals surface area (Å²) in [7, 11) is 1.63. The van der Waals surface area contributed by atoms with Gasteiger partial charge in [0.15, 0.2) is 0 Å². The average molecular weight is 301 g/mol. The highest BCUT2D eigenvalue weighted by Crippen LogP contribution is 2.37. The van der Waals surface area contributed by atoms with E-state index in [-0.39, 0.29) is 11.3 Å². The SMILES string of the molecule is CN(Cc1cccs1)c1ccc(CO)cc1C(F)(F)F. The quantitative estimate of drug-likeness (QED) is 0.926. The van der Waals surface area contributed by atoms with Crippen LogP contribution in [0.15, 0.2) is 35.7 Å². The van der Waals surface area contributed by atoms with E-state index in [1.54, 1.807) is 11.9 Å². The molecule has 1 aromatic carbocycles. The average Bonchev–Trinajstić information content (AvgIpc) is 2.89. The van der Waals surface area contributed by atoms with Gasteiger partial charge in [-0.05, 0) is 29.1 Å². The first kappa shape index (κ1) is 14.9. The number of hydrogen-bond acceptors (Lipinski definition) is 3. The van der Waals surface area contributed by atoms with E-state index in [1.807, 2.05) is 17.5 Å². The summed E-state index contributed by atoms with van der Waals surface area (Å²) in [5.41, 5.74) is -0.350. The zero-order chi connectivity index (χ0) is 14.8. The predicted molar refractivity (Wildman–Crippen MR) is 73.8 cm³/mol. The van der Waals surface area contributed by atoms with Crippen LogP contribution in [0.3, 0.4) is 0 Å². The normalized spacial score (nSPS) is 11.7. The molecule has 0 amide bonds. The molecule has 20 heavy (non-hydrogen) atoms. The molecule has 0 aliphatic carbocycles. The van der Waals surface area contributed by atoms with Gasteiger partial charge in [-0.1, -0.05) is 12.1 Å². The number of anilines is 1. The maximum Gasteiger partial charge on any atom is 0.418 e. The number of aliphatic hydroxyl groups excluding tert-OH is 1. The van der Waals surface area contributed by atoms with E-state index in [0.717, 1.165) is 10.9 Å². The molecule has 0 saturated carbocycles. The second-order valence-corrected chi connectivity index (χ2v) is 5.48. The van der Waals surface area contributed by atoms with Gasteiger partial charge in [-0.3, -0.25) is 0 Å². The molecule has 0 spiro atoms. The van der Waals surface area contributed by atoms with Gasteiger partial charge >= 0.3 is 6.18 Å². The third-order valence-electron chi connectivity index (χ3n) is 2.93. The number of rotatable bonds is 4. The summed E-state index contributed by atoms with van der Waals surface area (Å²) in [5, 5.41) is 10.9. The largest absolute Gasteiger partial charge is 0.418 e. The van der Waals surface area contributed by atoms with E-state index < -0.39 is 18.3 Å². The molecule has 108 valence electrons. The Kier molecular flexibility index (Phi) is 4.35. The Bertz CT molecular complexity index is 566. The summed E-state index contributed by atoms with van der Waals surface area (Å²) >= 11 is 1.50. The van der Waals surface area contributed by atoms with Crippen molar-refractivity contribution in [3.8, 4) is 0 Å². The van der Waals surface area contributed by atoms with Gasteiger partial charge in [0, 0.05) is 17.6 Å². The van der Waals surface area contributed by atoms with Crippen molar-refractivity contribution in [2.75, 3.05) is 11.9 Å². The highest BCUT2D eigenvalue weighted by molar-refractivity contribution is 7.09. The number of benzene rings is 1. The fourth-order valence-electron chi connectivity index (χ4n) is 1.96. The molecule has 6 heteroatoms. The van der Waals surface area contributed by atoms with Gasteiger partial charge in [0.1, 0.15) is 0 Å². The van der Waals surface area contributed by atoms with Crippen LogP contribution in [-0.2, 0) is 19.3 Å². The van der Waals surface area contributed by atoms with Gasteiger partial charge in [-0.25, -0.2) is 0 Å². The van der Waals surface area contributed by atoms with E-state index in [9.17, 15) is 13.2 Å². The molecule has 1 heterocycles. The van der Waals surface area contributed by atoms with Crippen LogP contribution in [0.25, 0.3) is 0 Å². The molecule has 2 aromatic rings. The van der Waals surface area contributed by atoms with Crippen LogP contribution in [0.4, 0.5) is 18.9 Å². The zero-order valence-electron chi connectivity index (χ0n) is 10.8. The van der Waals surface area contributed by atoms with Crippen molar-refractivity contribution in [1.29, 1.82) is 0 Å². The minimum Gasteiger partial charge on any atom is -0.392 e. The molecule has 0 atom stereocenters. The second kappa shape index (κ2) is 5.85. The van der Waals surface area contributed by atoms with E-state index in [0.29, 0.717) is 6.54 Å². The Balaban J connectivity index is 2.34. The first-order chi connectivity index (χ1) is 9.41. The summed E-state index contributed by atoms with van der Waals surface area (Å²) in [5.74, 6) is 0. The molecule has 2 nitrogen and oxygen atoms in total. The first-order valence-corrected chi connectivity index (χ1v) is 6.84. The highest BCUT2D eigenvalue weighted by Gasteiger charge is 2.34. The van der Waals surface area contributed by atoms with E-state index >= 15 is 0 Å². The van der Waals surface area contributed by atoms with Crippen molar-refractivity contribution in [1.82, 2.24) is 0 Å². The number of alkyl halides is 3. The zero-order valence-corrected chi connectivity index (χ0v) is 11.6. The topological polar surface area (TPSA) is 23.5 Å². The van der Waals surface area contributed by atoms with Gasteiger partial charge in [0.25, 0.3) is 0 Å². The lowest BCUT2D eigenvalue weighted by Crippen LogP contribution is -2.20. The molecule has 0 saturated heterocycles. The third-order valence-corrected chi connectivity index (χ3v) is 3.79. The number of halogens is 3. The van der Waals surface area contributed by atoms with E-state index in [4.69, 9.17) is 5.11 Å². The summed E-state index contributed by atoms with van der Waals surface area (Å²) in [4.78, 5) is 2.56. The molecule has 0 unspecified atom stereocenters. The lowest BCUT2D eigenvalue weighted by molar-refractivity contribution is -0.137.